The van der Waals surface area contributed by atoms with Gasteiger partial charge < -0.3 is 9.47 Å². The van der Waals surface area contributed by atoms with E-state index in [0.29, 0.717) is 0 Å². The molecule has 0 spiro atoms. The second-order valence-electron chi connectivity index (χ2n) is 17.7. The van der Waals surface area contributed by atoms with Crippen LogP contribution >= 0.6 is 0 Å². The van der Waals surface area contributed by atoms with Crippen LogP contribution in [0.3, 0.4) is 0 Å². The Morgan fingerprint density at radius 1 is 0.383 bits per heavy atom. The minimum Gasteiger partial charge on any atom is -0.310 e. The summed E-state index contributed by atoms with van der Waals surface area (Å²) in [5, 5.41) is 4.94. The third kappa shape index (κ3) is 4.82. The molecule has 2 aliphatic carbocycles. The van der Waals surface area contributed by atoms with Crippen molar-refractivity contribution in [3.8, 4) is 39.1 Å². The molecule has 60 heavy (non-hydrogen) atoms. The molecular weight excluding hydrogens is 725 g/mol. The van der Waals surface area contributed by atoms with Crippen molar-refractivity contribution >= 4 is 49.6 Å². The molecule has 10 aromatic rings. The zero-order valence-corrected chi connectivity index (χ0v) is 34.4. The quantitative estimate of drug-likeness (QED) is 0.169. The first-order valence-electron chi connectivity index (χ1n) is 21.2. The highest BCUT2D eigenvalue weighted by atomic mass is 15.1. The van der Waals surface area contributed by atoms with Gasteiger partial charge >= 0.3 is 0 Å². The smallest absolute Gasteiger partial charge is 0.0547 e. The molecular formula is C58H44N2. The second-order valence-corrected chi connectivity index (χ2v) is 17.7. The minimum absolute atomic E-state index is 0.129. The van der Waals surface area contributed by atoms with E-state index in [1.165, 1.54) is 99.6 Å². The third-order valence-electron chi connectivity index (χ3n) is 13.8. The number of hydrogen-bond donors (Lipinski definition) is 0. The Morgan fingerprint density at radius 3 is 1.68 bits per heavy atom. The van der Waals surface area contributed by atoms with E-state index in [9.17, 15) is 0 Å². The fourth-order valence-electron chi connectivity index (χ4n) is 10.9. The first kappa shape index (κ1) is 34.8. The monoisotopic (exact) mass is 768 g/mol. The van der Waals surface area contributed by atoms with Gasteiger partial charge in [0.15, 0.2) is 0 Å². The SMILES string of the molecule is CC1(C)c2ccccc2-c2ccc(N(c3ccc4ccc(-n5c6ccccc6c6ccccc65)c(-c5ccccc5)c4c3)c3cccc4c3-c3ccccc3C4(C)C)cc21. The summed E-state index contributed by atoms with van der Waals surface area (Å²) in [7, 11) is 0. The Morgan fingerprint density at radius 2 is 0.933 bits per heavy atom. The maximum atomic E-state index is 2.54. The van der Waals surface area contributed by atoms with Crippen molar-refractivity contribution in [3.63, 3.8) is 0 Å². The van der Waals surface area contributed by atoms with Gasteiger partial charge in [-0.15, -0.1) is 0 Å². The highest BCUT2D eigenvalue weighted by Gasteiger charge is 2.39. The Balaban J connectivity index is 1.16. The van der Waals surface area contributed by atoms with Crippen molar-refractivity contribution in [2.24, 2.45) is 0 Å². The zero-order valence-electron chi connectivity index (χ0n) is 34.4. The van der Waals surface area contributed by atoms with E-state index in [0.717, 1.165) is 11.4 Å². The summed E-state index contributed by atoms with van der Waals surface area (Å²) in [5.74, 6) is 0. The molecule has 9 aromatic carbocycles. The number of benzene rings is 9. The molecule has 2 heteroatoms. The van der Waals surface area contributed by atoms with E-state index >= 15 is 0 Å². The van der Waals surface area contributed by atoms with E-state index in [2.05, 4.69) is 231 Å². The molecule has 0 N–H and O–H groups in total. The lowest BCUT2D eigenvalue weighted by Crippen LogP contribution is -2.17. The van der Waals surface area contributed by atoms with Crippen LogP contribution in [0.2, 0.25) is 0 Å². The summed E-state index contributed by atoms with van der Waals surface area (Å²) in [5.41, 5.74) is 20.0. The van der Waals surface area contributed by atoms with Gasteiger partial charge in [0, 0.05) is 44.1 Å². The number of anilines is 3. The van der Waals surface area contributed by atoms with Crippen LogP contribution in [0.1, 0.15) is 49.9 Å². The topological polar surface area (TPSA) is 8.17 Å². The van der Waals surface area contributed by atoms with Crippen LogP contribution in [0.25, 0.3) is 71.6 Å². The Bertz CT molecular complexity index is 3330. The number of aromatic nitrogens is 1. The van der Waals surface area contributed by atoms with Gasteiger partial charge in [-0.3, -0.25) is 0 Å². The van der Waals surface area contributed by atoms with Gasteiger partial charge in [-0.1, -0.05) is 173 Å². The van der Waals surface area contributed by atoms with Crippen LogP contribution in [-0.2, 0) is 10.8 Å². The fraction of sp³-hybridized carbons (Fsp3) is 0.103. The van der Waals surface area contributed by atoms with E-state index < -0.39 is 0 Å². The lowest BCUT2D eigenvalue weighted by Gasteiger charge is -2.31. The maximum Gasteiger partial charge on any atom is 0.0547 e. The van der Waals surface area contributed by atoms with Crippen molar-refractivity contribution in [3.05, 3.63) is 216 Å². The third-order valence-corrected chi connectivity index (χ3v) is 13.8. The number of fused-ring (bicyclic) bond motifs is 10. The van der Waals surface area contributed by atoms with Crippen LogP contribution in [-0.4, -0.2) is 4.57 Å². The average molecular weight is 769 g/mol. The van der Waals surface area contributed by atoms with E-state index in [-0.39, 0.29) is 10.8 Å². The summed E-state index contributed by atoms with van der Waals surface area (Å²) in [6.07, 6.45) is 0. The molecule has 0 fully saturated rings. The second kappa shape index (κ2) is 12.7. The van der Waals surface area contributed by atoms with E-state index in [1.807, 2.05) is 0 Å². The van der Waals surface area contributed by atoms with Gasteiger partial charge in [0.1, 0.15) is 0 Å². The largest absolute Gasteiger partial charge is 0.310 e. The van der Waals surface area contributed by atoms with Crippen molar-refractivity contribution in [1.82, 2.24) is 4.57 Å². The fourth-order valence-corrected chi connectivity index (χ4v) is 10.9. The van der Waals surface area contributed by atoms with Gasteiger partial charge in [0.2, 0.25) is 0 Å². The van der Waals surface area contributed by atoms with Gasteiger partial charge in [-0.05, 0) is 104 Å². The van der Waals surface area contributed by atoms with Crippen molar-refractivity contribution in [2.75, 3.05) is 4.90 Å². The molecule has 0 amide bonds. The number of rotatable bonds is 5. The lowest BCUT2D eigenvalue weighted by atomic mass is 9.82. The average Bonchev–Trinajstić information content (AvgIpc) is 3.83. The molecule has 0 radical (unpaired) electrons. The Hall–Kier alpha value is -7.16. The highest BCUT2D eigenvalue weighted by Crippen LogP contribution is 2.56. The van der Waals surface area contributed by atoms with Gasteiger partial charge in [0.05, 0.1) is 22.4 Å². The minimum atomic E-state index is -0.137. The van der Waals surface area contributed by atoms with Crippen LogP contribution < -0.4 is 4.90 Å². The molecule has 0 bridgehead atoms. The molecule has 1 aromatic heterocycles. The predicted molar refractivity (Wildman–Crippen MR) is 254 cm³/mol. The van der Waals surface area contributed by atoms with Crippen LogP contribution in [0, 0.1) is 0 Å². The normalized spacial score (nSPS) is 14.3. The number of para-hydroxylation sites is 2. The van der Waals surface area contributed by atoms with E-state index in [4.69, 9.17) is 0 Å². The summed E-state index contributed by atoms with van der Waals surface area (Å²) in [6, 6.07) is 72.4. The molecule has 2 nitrogen and oxygen atoms in total. The van der Waals surface area contributed by atoms with Crippen LogP contribution in [0.5, 0.6) is 0 Å². The molecule has 0 atom stereocenters. The molecule has 12 rings (SSSR count). The van der Waals surface area contributed by atoms with Crippen molar-refractivity contribution in [1.29, 1.82) is 0 Å². The molecule has 0 saturated carbocycles. The van der Waals surface area contributed by atoms with E-state index in [1.54, 1.807) is 0 Å². The lowest BCUT2D eigenvalue weighted by molar-refractivity contribution is 0.660. The number of nitrogens with zero attached hydrogens (tertiary/aromatic N) is 2. The predicted octanol–water partition coefficient (Wildman–Crippen LogP) is 15.7. The highest BCUT2D eigenvalue weighted by molar-refractivity contribution is 6.12. The molecule has 0 aliphatic heterocycles. The summed E-state index contributed by atoms with van der Waals surface area (Å²) < 4.78 is 2.47. The standard InChI is InChI=1S/C58H44N2/c1-57(2)48-24-13-9-22-45(48)56-49(57)25-16-28-53(56)59(40-32-33-42-41-19-8-12-23-47(41)58(3,4)50(42)36-40)39-31-29-37-30-34-54(55(46(37)35-39)38-17-6-5-7-18-38)60-51-26-14-10-20-43(51)44-21-11-15-27-52(44)60/h5-36H,1-4H3. The molecule has 2 aliphatic rings. The Labute approximate surface area is 351 Å². The van der Waals surface area contributed by atoms with Gasteiger partial charge in [0.25, 0.3) is 0 Å². The summed E-state index contributed by atoms with van der Waals surface area (Å²) in [4.78, 5) is 2.54. The van der Waals surface area contributed by atoms with Crippen LogP contribution in [0.4, 0.5) is 17.1 Å². The van der Waals surface area contributed by atoms with Crippen LogP contribution in [0.15, 0.2) is 194 Å². The van der Waals surface area contributed by atoms with Crippen molar-refractivity contribution in [2.45, 2.75) is 38.5 Å². The Kier molecular flexibility index (Phi) is 7.36. The first-order chi connectivity index (χ1) is 29.3. The zero-order chi connectivity index (χ0) is 40.3. The first-order valence-corrected chi connectivity index (χ1v) is 21.2. The summed E-state index contributed by atoms with van der Waals surface area (Å²) in [6.45, 7) is 9.50. The molecule has 0 saturated heterocycles. The maximum absolute atomic E-state index is 2.54. The molecule has 286 valence electrons. The summed E-state index contributed by atoms with van der Waals surface area (Å²) >= 11 is 0. The molecule has 1 heterocycles. The van der Waals surface area contributed by atoms with Gasteiger partial charge in [-0.25, -0.2) is 0 Å². The van der Waals surface area contributed by atoms with Gasteiger partial charge in [-0.2, -0.15) is 0 Å². The number of hydrogen-bond acceptors (Lipinski definition) is 1. The van der Waals surface area contributed by atoms with Crippen molar-refractivity contribution < 1.29 is 0 Å². The molecule has 0 unspecified atom stereocenters.